The van der Waals surface area contributed by atoms with Gasteiger partial charge in [0.1, 0.15) is 5.82 Å². The van der Waals surface area contributed by atoms with Crippen molar-refractivity contribution in [3.05, 3.63) is 47.2 Å². The van der Waals surface area contributed by atoms with Crippen molar-refractivity contribution in [2.24, 2.45) is 0 Å². The number of likely N-dealkylation sites (N-methyl/N-ethyl adjacent to an activating group) is 2. The van der Waals surface area contributed by atoms with Gasteiger partial charge in [-0.3, -0.25) is 14.5 Å². The predicted octanol–water partition coefficient (Wildman–Crippen LogP) is 2.16. The number of benzene rings is 1. The number of hydrogen-bond acceptors (Lipinski definition) is 7. The Morgan fingerprint density at radius 3 is 2.62 bits per heavy atom. The standard InChI is InChI=1S/C23H28N4O5/c1-26-12-17-10-15(11-24-23(17)25-19(28)14-26)6-9-20(29)27(2)13-16-7-8-18(30-3)22(32-5)21(16)31-4/h6-11H,12-14H2,1-5H3,(H,24,25,28)/b9-6+. The van der Waals surface area contributed by atoms with Gasteiger partial charge in [0.15, 0.2) is 11.5 Å². The topological polar surface area (TPSA) is 93.2 Å². The average molecular weight is 441 g/mol. The van der Waals surface area contributed by atoms with E-state index in [1.54, 1.807) is 51.6 Å². The highest BCUT2D eigenvalue weighted by Gasteiger charge is 2.19. The molecule has 32 heavy (non-hydrogen) atoms. The van der Waals surface area contributed by atoms with Gasteiger partial charge in [0.05, 0.1) is 27.9 Å². The summed E-state index contributed by atoms with van der Waals surface area (Å²) in [4.78, 5) is 32.3. The highest BCUT2D eigenvalue weighted by Crippen LogP contribution is 2.40. The largest absolute Gasteiger partial charge is 0.493 e. The van der Waals surface area contributed by atoms with Gasteiger partial charge in [0.2, 0.25) is 17.6 Å². The number of nitrogens with one attached hydrogen (secondary N) is 1. The van der Waals surface area contributed by atoms with Crippen LogP contribution in [0.2, 0.25) is 0 Å². The van der Waals surface area contributed by atoms with Crippen molar-refractivity contribution in [3.63, 3.8) is 0 Å². The number of nitrogens with zero attached hydrogens (tertiary/aromatic N) is 3. The van der Waals surface area contributed by atoms with E-state index in [9.17, 15) is 9.59 Å². The maximum Gasteiger partial charge on any atom is 0.246 e. The zero-order valence-electron chi connectivity index (χ0n) is 19.0. The second-order valence-corrected chi connectivity index (χ2v) is 7.52. The van der Waals surface area contributed by atoms with Crippen LogP contribution < -0.4 is 19.5 Å². The Morgan fingerprint density at radius 2 is 1.94 bits per heavy atom. The molecule has 0 atom stereocenters. The van der Waals surface area contributed by atoms with Crippen molar-refractivity contribution in [2.75, 3.05) is 47.3 Å². The molecule has 0 radical (unpaired) electrons. The van der Waals surface area contributed by atoms with Gasteiger partial charge in [0, 0.05) is 43.5 Å². The number of rotatable bonds is 7. The maximum atomic E-state index is 12.7. The number of hydrogen-bond donors (Lipinski definition) is 1. The van der Waals surface area contributed by atoms with Crippen LogP contribution in [0.25, 0.3) is 6.08 Å². The molecule has 3 rings (SSSR count). The minimum absolute atomic E-state index is 0.0931. The number of fused-ring (bicyclic) bond motifs is 1. The third kappa shape index (κ3) is 5.17. The second-order valence-electron chi connectivity index (χ2n) is 7.52. The van der Waals surface area contributed by atoms with E-state index in [0.29, 0.717) is 42.7 Å². The van der Waals surface area contributed by atoms with Crippen LogP contribution >= 0.6 is 0 Å². The molecule has 1 aliphatic rings. The Morgan fingerprint density at radius 1 is 1.19 bits per heavy atom. The molecular formula is C23H28N4O5. The fraction of sp³-hybridized carbons (Fsp3) is 0.348. The summed E-state index contributed by atoms with van der Waals surface area (Å²) in [6, 6.07) is 5.54. The molecule has 170 valence electrons. The molecular weight excluding hydrogens is 412 g/mol. The second kappa shape index (κ2) is 10.1. The number of amides is 2. The van der Waals surface area contributed by atoms with Crippen molar-refractivity contribution in [2.45, 2.75) is 13.1 Å². The van der Waals surface area contributed by atoms with Gasteiger partial charge in [-0.15, -0.1) is 0 Å². The summed E-state index contributed by atoms with van der Waals surface area (Å²) in [6.45, 7) is 1.23. The number of carbonyl (C=O) groups excluding carboxylic acids is 2. The fourth-order valence-electron chi connectivity index (χ4n) is 3.53. The zero-order valence-corrected chi connectivity index (χ0v) is 19.0. The summed E-state index contributed by atoms with van der Waals surface area (Å²) in [5.41, 5.74) is 2.47. The quantitative estimate of drug-likeness (QED) is 0.660. The van der Waals surface area contributed by atoms with Gasteiger partial charge in [-0.05, 0) is 36.9 Å². The molecule has 1 aromatic heterocycles. The normalized spacial score (nSPS) is 13.8. The van der Waals surface area contributed by atoms with E-state index in [-0.39, 0.29) is 11.8 Å². The van der Waals surface area contributed by atoms with Gasteiger partial charge in [0.25, 0.3) is 0 Å². The summed E-state index contributed by atoms with van der Waals surface area (Å²) >= 11 is 0. The molecule has 0 fully saturated rings. The monoisotopic (exact) mass is 440 g/mol. The number of anilines is 1. The molecule has 9 nitrogen and oxygen atoms in total. The summed E-state index contributed by atoms with van der Waals surface area (Å²) in [5.74, 6) is 1.85. The lowest BCUT2D eigenvalue weighted by Gasteiger charge is -2.20. The summed E-state index contributed by atoms with van der Waals surface area (Å²) < 4.78 is 16.2. The van der Waals surface area contributed by atoms with Crippen LogP contribution in [-0.2, 0) is 22.7 Å². The lowest BCUT2D eigenvalue weighted by Crippen LogP contribution is -2.26. The Kier molecular flexibility index (Phi) is 7.32. The average Bonchev–Trinajstić information content (AvgIpc) is 2.92. The molecule has 1 aliphatic heterocycles. The van der Waals surface area contributed by atoms with Gasteiger partial charge in [-0.25, -0.2) is 4.98 Å². The van der Waals surface area contributed by atoms with E-state index in [4.69, 9.17) is 14.2 Å². The first kappa shape index (κ1) is 23.1. The number of methoxy groups -OCH3 is 3. The molecule has 0 saturated heterocycles. The minimum Gasteiger partial charge on any atom is -0.493 e. The molecule has 1 N–H and O–H groups in total. The molecule has 0 saturated carbocycles. The van der Waals surface area contributed by atoms with Gasteiger partial charge >= 0.3 is 0 Å². The van der Waals surface area contributed by atoms with Crippen molar-refractivity contribution in [1.29, 1.82) is 0 Å². The summed E-state index contributed by atoms with van der Waals surface area (Å²) in [7, 11) is 8.23. The van der Waals surface area contributed by atoms with Crippen LogP contribution in [0, 0.1) is 0 Å². The predicted molar refractivity (Wildman–Crippen MR) is 121 cm³/mol. The molecule has 2 heterocycles. The van der Waals surface area contributed by atoms with Crippen LogP contribution in [-0.4, -0.2) is 68.6 Å². The first-order chi connectivity index (χ1) is 15.4. The van der Waals surface area contributed by atoms with Crippen LogP contribution in [0.15, 0.2) is 30.5 Å². The van der Waals surface area contributed by atoms with E-state index in [1.807, 2.05) is 24.1 Å². The molecule has 0 aliphatic carbocycles. The number of carbonyl (C=O) groups is 2. The maximum absolute atomic E-state index is 12.7. The van der Waals surface area contributed by atoms with E-state index in [2.05, 4.69) is 10.3 Å². The number of aromatic nitrogens is 1. The Balaban J connectivity index is 1.73. The third-order valence-electron chi connectivity index (χ3n) is 5.09. The lowest BCUT2D eigenvalue weighted by molar-refractivity contribution is -0.125. The van der Waals surface area contributed by atoms with Crippen molar-refractivity contribution < 1.29 is 23.8 Å². The molecule has 9 heteroatoms. The molecule has 1 aromatic carbocycles. The Bertz CT molecular complexity index is 1040. The van der Waals surface area contributed by atoms with E-state index in [0.717, 1.165) is 16.7 Å². The Hall–Kier alpha value is -3.59. The SMILES string of the molecule is COc1ccc(CN(C)C(=O)/C=C/c2cnc3c(c2)CN(C)CC(=O)N3)c(OC)c1OC. The number of pyridine rings is 1. The van der Waals surface area contributed by atoms with Gasteiger partial charge in [-0.2, -0.15) is 0 Å². The smallest absolute Gasteiger partial charge is 0.246 e. The molecule has 2 aromatic rings. The first-order valence-corrected chi connectivity index (χ1v) is 10.0. The molecule has 0 unspecified atom stereocenters. The first-order valence-electron chi connectivity index (χ1n) is 10.0. The van der Waals surface area contributed by atoms with Crippen LogP contribution in [0.3, 0.4) is 0 Å². The minimum atomic E-state index is -0.179. The van der Waals surface area contributed by atoms with Crippen LogP contribution in [0.4, 0.5) is 5.82 Å². The molecule has 0 spiro atoms. The third-order valence-corrected chi connectivity index (χ3v) is 5.09. The number of ether oxygens (including phenoxy) is 3. The van der Waals surface area contributed by atoms with Gasteiger partial charge in [-0.1, -0.05) is 0 Å². The highest BCUT2D eigenvalue weighted by atomic mass is 16.5. The van der Waals surface area contributed by atoms with Crippen LogP contribution in [0.5, 0.6) is 17.2 Å². The highest BCUT2D eigenvalue weighted by molar-refractivity contribution is 5.93. The van der Waals surface area contributed by atoms with E-state index < -0.39 is 0 Å². The Labute approximate surface area is 187 Å². The van der Waals surface area contributed by atoms with Crippen LogP contribution in [0.1, 0.15) is 16.7 Å². The van der Waals surface area contributed by atoms with E-state index >= 15 is 0 Å². The van der Waals surface area contributed by atoms with Crippen molar-refractivity contribution >= 4 is 23.7 Å². The fourth-order valence-corrected chi connectivity index (χ4v) is 3.53. The van der Waals surface area contributed by atoms with Crippen molar-refractivity contribution in [1.82, 2.24) is 14.8 Å². The van der Waals surface area contributed by atoms with Gasteiger partial charge < -0.3 is 24.4 Å². The summed E-state index contributed by atoms with van der Waals surface area (Å²) in [6.07, 6.45) is 4.84. The van der Waals surface area contributed by atoms with Crippen molar-refractivity contribution in [3.8, 4) is 17.2 Å². The molecule has 2 amide bonds. The lowest BCUT2D eigenvalue weighted by atomic mass is 10.1. The molecule has 0 bridgehead atoms. The zero-order chi connectivity index (χ0) is 23.3. The summed E-state index contributed by atoms with van der Waals surface area (Å²) in [5, 5.41) is 2.80. The van der Waals surface area contributed by atoms with E-state index in [1.165, 1.54) is 6.08 Å².